The minimum Gasteiger partial charge on any atom is -0.481 e. The number of carbonyl (C=O) groups is 1. The number of carboxylic acids is 1. The molecule has 0 bridgehead atoms. The Labute approximate surface area is 75.1 Å². The first kappa shape index (κ1) is 9.18. The third-order valence-electron chi connectivity index (χ3n) is 1.66. The van der Waals surface area contributed by atoms with Crippen molar-refractivity contribution >= 4 is 23.0 Å². The van der Waals surface area contributed by atoms with Gasteiger partial charge in [0.1, 0.15) is 0 Å². The summed E-state index contributed by atoms with van der Waals surface area (Å²) in [6, 6.07) is 3.01. The molecule has 0 atom stereocenters. The van der Waals surface area contributed by atoms with E-state index in [0.717, 1.165) is 0 Å². The third kappa shape index (κ3) is 2.02. The van der Waals surface area contributed by atoms with Gasteiger partial charge in [0.05, 0.1) is 17.8 Å². The fourth-order valence-electron chi connectivity index (χ4n) is 1.07. The summed E-state index contributed by atoms with van der Waals surface area (Å²) in [4.78, 5) is 10.4. The summed E-state index contributed by atoms with van der Waals surface area (Å²) in [7, 11) is 0. The highest BCUT2D eigenvalue weighted by Gasteiger charge is 2.07. The molecule has 0 heterocycles. The molecule has 1 aromatic rings. The minimum atomic E-state index is -0.961. The van der Waals surface area contributed by atoms with E-state index in [1.54, 1.807) is 0 Å². The van der Waals surface area contributed by atoms with E-state index in [1.165, 1.54) is 12.1 Å². The third-order valence-corrected chi connectivity index (χ3v) is 1.66. The van der Waals surface area contributed by atoms with Crippen LogP contribution in [0.25, 0.3) is 0 Å². The van der Waals surface area contributed by atoms with Crippen LogP contribution in [-0.4, -0.2) is 11.1 Å². The summed E-state index contributed by atoms with van der Waals surface area (Å²) in [5.74, 6) is -0.961. The van der Waals surface area contributed by atoms with E-state index >= 15 is 0 Å². The number of benzene rings is 1. The summed E-state index contributed by atoms with van der Waals surface area (Å²) in [6.07, 6.45) is -0.166. The molecule has 0 aromatic heterocycles. The van der Waals surface area contributed by atoms with E-state index < -0.39 is 5.97 Å². The van der Waals surface area contributed by atoms with Gasteiger partial charge in [-0.3, -0.25) is 4.79 Å². The number of nitrogen functional groups attached to an aromatic ring is 3. The van der Waals surface area contributed by atoms with Gasteiger partial charge in [-0.2, -0.15) is 0 Å². The maximum absolute atomic E-state index is 10.4. The van der Waals surface area contributed by atoms with Gasteiger partial charge in [-0.25, -0.2) is 0 Å². The predicted octanol–water partition coefficient (Wildman–Crippen LogP) is 0.0603. The topological polar surface area (TPSA) is 115 Å². The molecule has 0 fully saturated rings. The van der Waals surface area contributed by atoms with E-state index in [0.29, 0.717) is 16.9 Å². The largest absolute Gasteiger partial charge is 0.481 e. The molecule has 5 nitrogen and oxygen atoms in total. The lowest BCUT2D eigenvalue weighted by Gasteiger charge is -2.07. The molecular formula is C8H11N3O2. The first-order valence-electron chi connectivity index (χ1n) is 3.66. The van der Waals surface area contributed by atoms with Gasteiger partial charge in [-0.05, 0) is 17.7 Å². The zero-order valence-electron chi connectivity index (χ0n) is 6.95. The van der Waals surface area contributed by atoms with Crippen LogP contribution in [0.2, 0.25) is 0 Å². The maximum Gasteiger partial charge on any atom is 0.307 e. The molecule has 0 saturated carbocycles. The van der Waals surface area contributed by atoms with Crippen LogP contribution in [0.3, 0.4) is 0 Å². The van der Waals surface area contributed by atoms with Crippen molar-refractivity contribution in [1.29, 1.82) is 0 Å². The zero-order valence-corrected chi connectivity index (χ0v) is 6.95. The van der Waals surface area contributed by atoms with Gasteiger partial charge in [-0.15, -0.1) is 0 Å². The number of anilines is 3. The van der Waals surface area contributed by atoms with E-state index in [4.69, 9.17) is 22.3 Å². The Morgan fingerprint density at radius 2 is 1.92 bits per heavy atom. The lowest BCUT2D eigenvalue weighted by molar-refractivity contribution is -0.136. The van der Waals surface area contributed by atoms with Gasteiger partial charge in [-0.1, -0.05) is 0 Å². The van der Waals surface area contributed by atoms with Crippen LogP contribution in [-0.2, 0) is 11.2 Å². The van der Waals surface area contributed by atoms with Crippen molar-refractivity contribution in [1.82, 2.24) is 0 Å². The van der Waals surface area contributed by atoms with Gasteiger partial charge in [0.2, 0.25) is 0 Å². The number of nitrogens with two attached hydrogens (primary N) is 3. The molecule has 13 heavy (non-hydrogen) atoms. The SMILES string of the molecule is Nc1cc(N)c(N)c(CC(=O)O)c1. The van der Waals surface area contributed by atoms with Crippen molar-refractivity contribution in [3.63, 3.8) is 0 Å². The van der Waals surface area contributed by atoms with Crippen LogP contribution in [0.4, 0.5) is 17.1 Å². The van der Waals surface area contributed by atoms with Crippen molar-refractivity contribution in [3.05, 3.63) is 17.7 Å². The Bertz CT molecular complexity index is 349. The molecule has 0 aliphatic heterocycles. The van der Waals surface area contributed by atoms with Crippen molar-refractivity contribution in [3.8, 4) is 0 Å². The van der Waals surface area contributed by atoms with Crippen molar-refractivity contribution in [2.45, 2.75) is 6.42 Å². The molecule has 0 spiro atoms. The Balaban J connectivity index is 3.12. The number of rotatable bonds is 2. The number of aliphatic carboxylic acids is 1. The second-order valence-corrected chi connectivity index (χ2v) is 2.75. The highest BCUT2D eigenvalue weighted by molar-refractivity contribution is 5.79. The summed E-state index contributed by atoms with van der Waals surface area (Å²) < 4.78 is 0. The molecule has 0 aliphatic rings. The van der Waals surface area contributed by atoms with E-state index in [-0.39, 0.29) is 12.1 Å². The highest BCUT2D eigenvalue weighted by Crippen LogP contribution is 2.23. The monoisotopic (exact) mass is 181 g/mol. The molecule has 0 radical (unpaired) electrons. The molecule has 7 N–H and O–H groups in total. The van der Waals surface area contributed by atoms with Gasteiger partial charge in [0.25, 0.3) is 0 Å². The number of carboxylic acid groups (broad SMARTS) is 1. The highest BCUT2D eigenvalue weighted by atomic mass is 16.4. The lowest BCUT2D eigenvalue weighted by Crippen LogP contribution is -2.06. The summed E-state index contributed by atoms with van der Waals surface area (Å²) in [5, 5.41) is 8.54. The summed E-state index contributed by atoms with van der Waals surface area (Å²) in [6.45, 7) is 0. The molecule has 5 heteroatoms. The van der Waals surface area contributed by atoms with Gasteiger partial charge in [0, 0.05) is 5.69 Å². The Morgan fingerprint density at radius 3 is 2.46 bits per heavy atom. The molecular weight excluding hydrogens is 170 g/mol. The standard InChI is InChI=1S/C8H11N3O2/c9-5-1-4(2-7(12)13)8(11)6(10)3-5/h1,3H,2,9-11H2,(H,12,13). The molecule has 1 aromatic carbocycles. The number of hydrogen-bond donors (Lipinski definition) is 4. The molecule has 1 rings (SSSR count). The lowest BCUT2D eigenvalue weighted by atomic mass is 10.1. The average molecular weight is 181 g/mol. The summed E-state index contributed by atoms with van der Waals surface area (Å²) in [5.41, 5.74) is 18.0. The van der Waals surface area contributed by atoms with Crippen LogP contribution < -0.4 is 17.2 Å². The van der Waals surface area contributed by atoms with E-state index in [9.17, 15) is 4.79 Å². The Kier molecular flexibility index (Phi) is 2.27. The van der Waals surface area contributed by atoms with Crippen LogP contribution >= 0.6 is 0 Å². The van der Waals surface area contributed by atoms with Crippen LogP contribution in [0.1, 0.15) is 5.56 Å². The molecule has 0 unspecified atom stereocenters. The Morgan fingerprint density at radius 1 is 1.31 bits per heavy atom. The smallest absolute Gasteiger partial charge is 0.307 e. The zero-order chi connectivity index (χ0) is 10.0. The van der Waals surface area contributed by atoms with Crippen molar-refractivity contribution in [2.75, 3.05) is 17.2 Å². The second kappa shape index (κ2) is 3.22. The van der Waals surface area contributed by atoms with Crippen molar-refractivity contribution < 1.29 is 9.90 Å². The first-order valence-corrected chi connectivity index (χ1v) is 3.66. The normalized spacial score (nSPS) is 9.85. The predicted molar refractivity (Wildman–Crippen MR) is 51.0 cm³/mol. The van der Waals surface area contributed by atoms with Gasteiger partial charge < -0.3 is 22.3 Å². The van der Waals surface area contributed by atoms with E-state index in [2.05, 4.69) is 0 Å². The number of hydrogen-bond acceptors (Lipinski definition) is 4. The Hall–Kier alpha value is -1.91. The van der Waals surface area contributed by atoms with Gasteiger partial charge >= 0.3 is 5.97 Å². The molecule has 0 saturated heterocycles. The molecule has 0 amide bonds. The van der Waals surface area contributed by atoms with Crippen LogP contribution in [0.15, 0.2) is 12.1 Å². The van der Waals surface area contributed by atoms with Crippen LogP contribution in [0.5, 0.6) is 0 Å². The second-order valence-electron chi connectivity index (χ2n) is 2.75. The maximum atomic E-state index is 10.4. The summed E-state index contributed by atoms with van der Waals surface area (Å²) >= 11 is 0. The van der Waals surface area contributed by atoms with Gasteiger partial charge in [0.15, 0.2) is 0 Å². The minimum absolute atomic E-state index is 0.166. The van der Waals surface area contributed by atoms with Crippen molar-refractivity contribution in [2.24, 2.45) is 0 Å². The first-order chi connectivity index (χ1) is 6.00. The quantitative estimate of drug-likeness (QED) is 0.481. The molecule has 70 valence electrons. The average Bonchev–Trinajstić information content (AvgIpc) is 1.98. The molecule has 0 aliphatic carbocycles. The van der Waals surface area contributed by atoms with E-state index in [1.807, 2.05) is 0 Å². The fraction of sp³-hybridized carbons (Fsp3) is 0.125. The fourth-order valence-corrected chi connectivity index (χ4v) is 1.07. The van der Waals surface area contributed by atoms with Crippen LogP contribution in [0, 0.1) is 0 Å².